The molecule has 0 heterocycles. The SMILES string of the molecule is CCC(CC(=O)C(C)C)NC(=O)C(CC(=O)O)SCCCC(=N)CC(C)C. The molecule has 1 amide bonds. The number of carbonyl (C=O) groups is 3. The van der Waals surface area contributed by atoms with Crippen LogP contribution >= 0.6 is 11.8 Å². The standard InChI is InChI=1S/C20H36N2O4S/c1-6-16(11-17(23)14(4)5)22-20(26)18(12-19(24)25)27-9-7-8-15(21)10-13(2)3/h13-14,16,18,21H,6-12H2,1-5H3,(H,22,26)(H,24,25). The molecule has 6 nitrogen and oxygen atoms in total. The van der Waals surface area contributed by atoms with E-state index in [2.05, 4.69) is 19.2 Å². The summed E-state index contributed by atoms with van der Waals surface area (Å²) in [5, 5.41) is 19.2. The van der Waals surface area contributed by atoms with Gasteiger partial charge in [0, 0.05) is 24.1 Å². The number of hydrogen-bond donors (Lipinski definition) is 3. The van der Waals surface area contributed by atoms with Crippen LogP contribution in [0.5, 0.6) is 0 Å². The van der Waals surface area contributed by atoms with Gasteiger partial charge < -0.3 is 15.8 Å². The first-order valence-corrected chi connectivity index (χ1v) is 10.8. The van der Waals surface area contributed by atoms with E-state index in [4.69, 9.17) is 10.5 Å². The first-order valence-electron chi connectivity index (χ1n) is 9.79. The maximum absolute atomic E-state index is 12.5. The molecule has 2 atom stereocenters. The van der Waals surface area contributed by atoms with Crippen molar-refractivity contribution in [3.05, 3.63) is 0 Å². The number of rotatable bonds is 15. The van der Waals surface area contributed by atoms with Crippen molar-refractivity contribution >= 4 is 35.1 Å². The van der Waals surface area contributed by atoms with Crippen molar-refractivity contribution in [2.24, 2.45) is 11.8 Å². The van der Waals surface area contributed by atoms with E-state index in [-0.39, 0.29) is 36.5 Å². The van der Waals surface area contributed by atoms with Crippen molar-refractivity contribution < 1.29 is 19.5 Å². The van der Waals surface area contributed by atoms with E-state index in [1.165, 1.54) is 11.8 Å². The van der Waals surface area contributed by atoms with Crippen LogP contribution in [0.15, 0.2) is 0 Å². The third-order valence-electron chi connectivity index (χ3n) is 4.18. The second-order valence-electron chi connectivity index (χ2n) is 7.70. The van der Waals surface area contributed by atoms with Crippen molar-refractivity contribution in [2.75, 3.05) is 5.75 Å². The highest BCUT2D eigenvalue weighted by atomic mass is 32.2. The van der Waals surface area contributed by atoms with E-state index < -0.39 is 11.2 Å². The summed E-state index contributed by atoms with van der Waals surface area (Å²) in [5.74, 6) is -0.234. The fraction of sp³-hybridized carbons (Fsp3) is 0.800. The van der Waals surface area contributed by atoms with Gasteiger partial charge in [-0.1, -0.05) is 34.6 Å². The first-order chi connectivity index (χ1) is 12.6. The van der Waals surface area contributed by atoms with Crippen molar-refractivity contribution in [3.8, 4) is 0 Å². The molecule has 0 bridgehead atoms. The fourth-order valence-electron chi connectivity index (χ4n) is 2.56. The number of carboxylic acid groups (broad SMARTS) is 1. The predicted octanol–water partition coefficient (Wildman–Crippen LogP) is 3.92. The molecule has 0 saturated carbocycles. The van der Waals surface area contributed by atoms with Crippen molar-refractivity contribution in [1.82, 2.24) is 5.32 Å². The number of aliphatic carboxylic acids is 1. The number of hydrogen-bond acceptors (Lipinski definition) is 5. The Kier molecular flexibility index (Phi) is 13.0. The molecule has 0 saturated heterocycles. The second kappa shape index (κ2) is 13.7. The van der Waals surface area contributed by atoms with Gasteiger partial charge in [0.2, 0.25) is 5.91 Å². The Morgan fingerprint density at radius 3 is 2.19 bits per heavy atom. The van der Waals surface area contributed by atoms with Crippen LogP contribution < -0.4 is 5.32 Å². The van der Waals surface area contributed by atoms with Crippen molar-refractivity contribution in [3.63, 3.8) is 0 Å². The van der Waals surface area contributed by atoms with E-state index in [0.29, 0.717) is 30.2 Å². The first kappa shape index (κ1) is 25.6. The van der Waals surface area contributed by atoms with Gasteiger partial charge in [0.25, 0.3) is 0 Å². The second-order valence-corrected chi connectivity index (χ2v) is 9.01. The summed E-state index contributed by atoms with van der Waals surface area (Å²) in [6.07, 6.45) is 2.85. The van der Waals surface area contributed by atoms with Gasteiger partial charge in [-0.3, -0.25) is 14.4 Å². The van der Waals surface area contributed by atoms with E-state index in [0.717, 1.165) is 12.8 Å². The molecule has 156 valence electrons. The van der Waals surface area contributed by atoms with Crippen LogP contribution in [0.3, 0.4) is 0 Å². The smallest absolute Gasteiger partial charge is 0.305 e. The summed E-state index contributed by atoms with van der Waals surface area (Å²) >= 11 is 1.32. The van der Waals surface area contributed by atoms with Gasteiger partial charge >= 0.3 is 5.97 Å². The summed E-state index contributed by atoms with van der Waals surface area (Å²) in [5.41, 5.74) is 0.697. The van der Waals surface area contributed by atoms with Crippen LogP contribution in [0.2, 0.25) is 0 Å². The van der Waals surface area contributed by atoms with Crippen molar-refractivity contribution in [2.45, 2.75) is 84.4 Å². The Morgan fingerprint density at radius 2 is 1.70 bits per heavy atom. The molecule has 0 aliphatic heterocycles. The number of Topliss-reactive ketones (excluding diaryl/α,β-unsaturated/α-hetero) is 1. The lowest BCUT2D eigenvalue weighted by atomic mass is 10.00. The van der Waals surface area contributed by atoms with E-state index in [9.17, 15) is 14.4 Å². The molecule has 0 radical (unpaired) electrons. The van der Waals surface area contributed by atoms with E-state index in [1.54, 1.807) is 0 Å². The zero-order valence-electron chi connectivity index (χ0n) is 17.3. The average molecular weight is 401 g/mol. The Labute approximate surface area is 167 Å². The Balaban J connectivity index is 4.59. The molecule has 2 unspecified atom stereocenters. The summed E-state index contributed by atoms with van der Waals surface area (Å²) < 4.78 is 0. The predicted molar refractivity (Wildman–Crippen MR) is 112 cm³/mol. The van der Waals surface area contributed by atoms with Gasteiger partial charge in [-0.25, -0.2) is 0 Å². The number of ketones is 1. The molecule has 0 aliphatic rings. The molecule has 27 heavy (non-hydrogen) atoms. The van der Waals surface area contributed by atoms with Gasteiger partial charge in [0.05, 0.1) is 11.7 Å². The van der Waals surface area contributed by atoms with Gasteiger partial charge in [-0.05, 0) is 37.4 Å². The minimum absolute atomic E-state index is 0.0821. The molecule has 0 aliphatic carbocycles. The van der Waals surface area contributed by atoms with Crippen LogP contribution in [0, 0.1) is 17.2 Å². The number of carboxylic acids is 1. The molecular formula is C20H36N2O4S. The number of nitrogens with one attached hydrogen (secondary N) is 2. The minimum Gasteiger partial charge on any atom is -0.481 e. The highest BCUT2D eigenvalue weighted by molar-refractivity contribution is 8.00. The fourth-order valence-corrected chi connectivity index (χ4v) is 3.64. The monoisotopic (exact) mass is 400 g/mol. The maximum atomic E-state index is 12.5. The van der Waals surface area contributed by atoms with Crippen LogP contribution in [-0.2, 0) is 14.4 Å². The average Bonchev–Trinajstić information content (AvgIpc) is 2.55. The van der Waals surface area contributed by atoms with Gasteiger partial charge in [-0.2, -0.15) is 0 Å². The van der Waals surface area contributed by atoms with Crippen LogP contribution in [-0.4, -0.2) is 45.5 Å². The lowest BCUT2D eigenvalue weighted by Gasteiger charge is -2.21. The maximum Gasteiger partial charge on any atom is 0.305 e. The summed E-state index contributed by atoms with van der Waals surface area (Å²) in [6, 6.07) is -0.261. The molecular weight excluding hydrogens is 364 g/mol. The van der Waals surface area contributed by atoms with Crippen LogP contribution in [0.25, 0.3) is 0 Å². The van der Waals surface area contributed by atoms with Gasteiger partial charge in [-0.15, -0.1) is 11.8 Å². The van der Waals surface area contributed by atoms with Gasteiger partial charge in [0.15, 0.2) is 0 Å². The quantitative estimate of drug-likeness (QED) is 0.285. The lowest BCUT2D eigenvalue weighted by molar-refractivity contribution is -0.138. The molecule has 0 aromatic rings. The number of thioether (sulfide) groups is 1. The highest BCUT2D eigenvalue weighted by Crippen LogP contribution is 2.19. The molecule has 0 aromatic heterocycles. The normalized spacial score (nSPS) is 13.4. The van der Waals surface area contributed by atoms with Crippen LogP contribution in [0.4, 0.5) is 0 Å². The lowest BCUT2D eigenvalue weighted by Crippen LogP contribution is -2.42. The Morgan fingerprint density at radius 1 is 1.07 bits per heavy atom. The zero-order valence-corrected chi connectivity index (χ0v) is 18.2. The molecule has 0 rings (SSSR count). The summed E-state index contributed by atoms with van der Waals surface area (Å²) in [7, 11) is 0. The van der Waals surface area contributed by atoms with E-state index in [1.807, 2.05) is 20.8 Å². The van der Waals surface area contributed by atoms with Crippen LogP contribution in [0.1, 0.15) is 73.1 Å². The number of amides is 1. The zero-order chi connectivity index (χ0) is 21.0. The molecule has 0 fully saturated rings. The summed E-state index contributed by atoms with van der Waals surface area (Å²) in [6.45, 7) is 9.71. The third kappa shape index (κ3) is 12.6. The third-order valence-corrected chi connectivity index (χ3v) is 5.49. The van der Waals surface area contributed by atoms with Gasteiger partial charge in [0.1, 0.15) is 5.78 Å². The molecule has 3 N–H and O–H groups in total. The molecule has 0 aromatic carbocycles. The van der Waals surface area contributed by atoms with Crippen molar-refractivity contribution in [1.29, 1.82) is 5.41 Å². The Hall–Kier alpha value is -1.37. The van der Waals surface area contributed by atoms with E-state index >= 15 is 0 Å². The number of carbonyl (C=O) groups excluding carboxylic acids is 2. The minimum atomic E-state index is -1.01. The topological polar surface area (TPSA) is 107 Å². The molecule has 0 spiro atoms. The largest absolute Gasteiger partial charge is 0.481 e. The summed E-state index contributed by atoms with van der Waals surface area (Å²) in [4.78, 5) is 35.6. The Bertz CT molecular complexity index is 506. The molecule has 7 heteroatoms. The highest BCUT2D eigenvalue weighted by Gasteiger charge is 2.25.